The Hall–Kier alpha value is -3.51. The van der Waals surface area contributed by atoms with E-state index in [1.807, 2.05) is 48.5 Å². The number of anilines is 1. The van der Waals surface area contributed by atoms with Crippen LogP contribution in [0.25, 0.3) is 11.1 Å². The highest BCUT2D eigenvalue weighted by atomic mass is 35.5. The Morgan fingerprint density at radius 1 is 0.921 bits per heavy atom. The second-order valence-electron chi connectivity index (χ2n) is 9.25. The van der Waals surface area contributed by atoms with Gasteiger partial charge in [0, 0.05) is 11.6 Å². The van der Waals surface area contributed by atoms with Gasteiger partial charge >= 0.3 is 5.97 Å². The molecule has 196 valence electrons. The van der Waals surface area contributed by atoms with E-state index in [2.05, 4.69) is 11.4 Å². The molecule has 0 saturated heterocycles. The maximum Gasteiger partial charge on any atom is 0.335 e. The summed E-state index contributed by atoms with van der Waals surface area (Å²) in [6.07, 6.45) is 3.52. The Morgan fingerprint density at radius 2 is 1.66 bits per heavy atom. The van der Waals surface area contributed by atoms with Gasteiger partial charge in [-0.1, -0.05) is 54.1 Å². The van der Waals surface area contributed by atoms with E-state index in [1.54, 1.807) is 30.3 Å². The summed E-state index contributed by atoms with van der Waals surface area (Å²) >= 11 is 6.12. The molecule has 1 atom stereocenters. The van der Waals surface area contributed by atoms with Crippen molar-refractivity contribution in [3.8, 4) is 22.6 Å². The average molecular weight is 550 g/mol. The number of aliphatic hydroxyl groups excluding tert-OH is 1. The Balaban J connectivity index is 0.00000336. The Kier molecular flexibility index (Phi) is 8.95. The van der Waals surface area contributed by atoms with Crippen LogP contribution in [0.3, 0.4) is 0 Å². The molecule has 0 fully saturated rings. The van der Waals surface area contributed by atoms with Crippen molar-refractivity contribution in [3.63, 3.8) is 0 Å². The van der Waals surface area contributed by atoms with E-state index in [9.17, 15) is 15.0 Å². The lowest BCUT2D eigenvalue weighted by Crippen LogP contribution is -2.16. The number of nitrogens with one attached hydrogen (secondary N) is 1. The lowest BCUT2D eigenvalue weighted by Gasteiger charge is -2.24. The number of carboxylic acids is 1. The van der Waals surface area contributed by atoms with Gasteiger partial charge in [0.2, 0.25) is 0 Å². The number of aromatic carboxylic acids is 1. The first-order chi connectivity index (χ1) is 18.0. The molecule has 1 aliphatic carbocycles. The van der Waals surface area contributed by atoms with Gasteiger partial charge in [-0.25, -0.2) is 4.79 Å². The van der Waals surface area contributed by atoms with Gasteiger partial charge < -0.3 is 20.3 Å². The van der Waals surface area contributed by atoms with Crippen LogP contribution >= 0.6 is 24.0 Å². The first-order valence-electron chi connectivity index (χ1n) is 12.4. The lowest BCUT2D eigenvalue weighted by molar-refractivity contribution is 0.0697. The standard InChI is InChI=1S/C31H28ClNO4.ClH/c32-25-11-4-9-23(17-25)28(34)19-33-30-27-13-2-1-6-20(27)14-15-29(30)37-26-12-5-8-22(18-26)21-7-3-10-24(16-21)31(35)36;/h3-5,7-12,14-18,28,33-34H,1-2,6,13,19H2,(H,35,36);1H/t28-;/m0./s1. The van der Waals surface area contributed by atoms with Crippen LogP contribution in [0.5, 0.6) is 11.5 Å². The van der Waals surface area contributed by atoms with Crippen molar-refractivity contribution in [2.24, 2.45) is 0 Å². The SMILES string of the molecule is Cl.O=C(O)c1cccc(-c2cccc(Oc3ccc4c(c3NC[C@H](O)c3cccc(Cl)c3)CCCC4)c2)c1. The van der Waals surface area contributed by atoms with Gasteiger partial charge in [0.1, 0.15) is 5.75 Å². The van der Waals surface area contributed by atoms with Crippen LogP contribution in [-0.2, 0) is 12.8 Å². The van der Waals surface area contributed by atoms with E-state index in [0.29, 0.717) is 23.1 Å². The van der Waals surface area contributed by atoms with Crippen molar-refractivity contribution in [1.82, 2.24) is 0 Å². The molecule has 0 unspecified atom stereocenters. The second kappa shape index (κ2) is 12.4. The molecular weight excluding hydrogens is 521 g/mol. The fourth-order valence-corrected chi connectivity index (χ4v) is 5.01. The summed E-state index contributed by atoms with van der Waals surface area (Å²) < 4.78 is 6.39. The van der Waals surface area contributed by atoms with E-state index in [4.69, 9.17) is 16.3 Å². The van der Waals surface area contributed by atoms with Gasteiger partial charge in [-0.3, -0.25) is 0 Å². The van der Waals surface area contributed by atoms with Crippen LogP contribution in [0, 0.1) is 0 Å². The van der Waals surface area contributed by atoms with Gasteiger partial charge in [-0.15, -0.1) is 12.4 Å². The minimum atomic E-state index is -0.959. The molecule has 38 heavy (non-hydrogen) atoms. The number of halogens is 2. The number of carbonyl (C=O) groups is 1. The molecular formula is C31H29Cl2NO4. The van der Waals surface area contributed by atoms with Crippen molar-refractivity contribution in [3.05, 3.63) is 112 Å². The fourth-order valence-electron chi connectivity index (χ4n) is 4.81. The van der Waals surface area contributed by atoms with Gasteiger partial charge in [-0.2, -0.15) is 0 Å². The van der Waals surface area contributed by atoms with Crippen molar-refractivity contribution in [2.45, 2.75) is 31.8 Å². The minimum Gasteiger partial charge on any atom is -0.478 e. The quantitative estimate of drug-likeness (QED) is 0.208. The minimum absolute atomic E-state index is 0. The van der Waals surface area contributed by atoms with Crippen molar-refractivity contribution in [2.75, 3.05) is 11.9 Å². The maximum absolute atomic E-state index is 11.4. The molecule has 1 aliphatic rings. The van der Waals surface area contributed by atoms with Gasteiger partial charge in [-0.05, 0) is 96.0 Å². The summed E-state index contributed by atoms with van der Waals surface area (Å²) in [5, 5.41) is 24.2. The van der Waals surface area contributed by atoms with Gasteiger partial charge in [0.25, 0.3) is 0 Å². The fraction of sp³-hybridized carbons (Fsp3) is 0.194. The molecule has 0 radical (unpaired) electrons. The number of rotatable bonds is 8. The van der Waals surface area contributed by atoms with E-state index in [0.717, 1.165) is 48.1 Å². The summed E-state index contributed by atoms with van der Waals surface area (Å²) in [6.45, 7) is 0.315. The molecule has 4 aromatic carbocycles. The van der Waals surface area contributed by atoms with E-state index in [1.165, 1.54) is 11.1 Å². The Labute approximate surface area is 233 Å². The molecule has 0 heterocycles. The normalized spacial score (nSPS) is 13.1. The molecule has 0 saturated carbocycles. The molecule has 0 spiro atoms. The van der Waals surface area contributed by atoms with Crippen LogP contribution in [0.4, 0.5) is 5.69 Å². The summed E-state index contributed by atoms with van der Waals surface area (Å²) in [5.74, 6) is 0.377. The summed E-state index contributed by atoms with van der Waals surface area (Å²) in [7, 11) is 0. The molecule has 4 aromatic rings. The Morgan fingerprint density at radius 3 is 2.45 bits per heavy atom. The van der Waals surface area contributed by atoms with Gasteiger partial charge in [0.15, 0.2) is 5.75 Å². The van der Waals surface area contributed by atoms with Crippen LogP contribution in [-0.4, -0.2) is 22.7 Å². The average Bonchev–Trinajstić information content (AvgIpc) is 2.92. The highest BCUT2D eigenvalue weighted by molar-refractivity contribution is 6.30. The number of aryl methyl sites for hydroxylation is 1. The molecule has 5 nitrogen and oxygen atoms in total. The van der Waals surface area contributed by atoms with Crippen molar-refractivity contribution >= 4 is 35.7 Å². The third-order valence-electron chi connectivity index (χ3n) is 6.70. The number of carboxylic acid groups (broad SMARTS) is 1. The third kappa shape index (κ3) is 6.30. The maximum atomic E-state index is 11.4. The first kappa shape index (κ1) is 27.5. The van der Waals surface area contributed by atoms with Crippen molar-refractivity contribution in [1.29, 1.82) is 0 Å². The number of aliphatic hydroxyl groups is 1. The molecule has 0 aliphatic heterocycles. The van der Waals surface area contributed by atoms with Gasteiger partial charge in [0.05, 0.1) is 17.4 Å². The number of benzene rings is 4. The van der Waals surface area contributed by atoms with E-state index >= 15 is 0 Å². The van der Waals surface area contributed by atoms with Crippen LogP contribution < -0.4 is 10.1 Å². The third-order valence-corrected chi connectivity index (χ3v) is 6.94. The monoisotopic (exact) mass is 549 g/mol. The largest absolute Gasteiger partial charge is 0.478 e. The zero-order valence-electron chi connectivity index (χ0n) is 20.7. The van der Waals surface area contributed by atoms with Crippen LogP contribution in [0.15, 0.2) is 84.9 Å². The smallest absolute Gasteiger partial charge is 0.335 e. The Bertz CT molecular complexity index is 1440. The zero-order chi connectivity index (χ0) is 25.8. The molecule has 0 bridgehead atoms. The van der Waals surface area contributed by atoms with Crippen molar-refractivity contribution < 1.29 is 19.7 Å². The highest BCUT2D eigenvalue weighted by Crippen LogP contribution is 2.39. The number of hydrogen-bond acceptors (Lipinski definition) is 4. The first-order valence-corrected chi connectivity index (χ1v) is 12.8. The summed E-state index contributed by atoms with van der Waals surface area (Å²) in [4.78, 5) is 11.4. The van der Waals surface area contributed by atoms with E-state index < -0.39 is 12.1 Å². The van der Waals surface area contributed by atoms with Crippen LogP contribution in [0.1, 0.15) is 46.0 Å². The number of hydrogen-bond donors (Lipinski definition) is 3. The number of ether oxygens (including phenoxy) is 1. The molecule has 7 heteroatoms. The number of fused-ring (bicyclic) bond motifs is 1. The van der Waals surface area contributed by atoms with E-state index in [-0.39, 0.29) is 18.0 Å². The topological polar surface area (TPSA) is 78.8 Å². The molecule has 5 rings (SSSR count). The molecule has 3 N–H and O–H groups in total. The predicted molar refractivity (Wildman–Crippen MR) is 154 cm³/mol. The second-order valence-corrected chi connectivity index (χ2v) is 9.69. The summed E-state index contributed by atoms with van der Waals surface area (Å²) in [6, 6.07) is 25.8. The molecule has 0 aromatic heterocycles. The van der Waals surface area contributed by atoms with Crippen LogP contribution in [0.2, 0.25) is 5.02 Å². The predicted octanol–water partition coefficient (Wildman–Crippen LogP) is 7.94. The summed E-state index contributed by atoms with van der Waals surface area (Å²) in [5.41, 5.74) is 6.09. The molecule has 0 amide bonds. The lowest BCUT2D eigenvalue weighted by atomic mass is 9.90. The zero-order valence-corrected chi connectivity index (χ0v) is 22.3. The highest BCUT2D eigenvalue weighted by Gasteiger charge is 2.19.